The Morgan fingerprint density at radius 2 is 1.81 bits per heavy atom. The van der Waals surface area contributed by atoms with Gasteiger partial charge in [-0.05, 0) is 54.4 Å². The number of rotatable bonds is 5. The third-order valence-corrected chi connectivity index (χ3v) is 4.38. The molecule has 0 aliphatic carbocycles. The van der Waals surface area contributed by atoms with Gasteiger partial charge in [-0.2, -0.15) is 0 Å². The molecule has 0 atom stereocenters. The summed E-state index contributed by atoms with van der Waals surface area (Å²) >= 11 is 6.08. The SMILES string of the molecule is Cc1c(Cl)cccc1NC(=O)c1ccnc(C(=O)NCc2ccncc2)c1. The first-order valence-corrected chi connectivity index (χ1v) is 8.62. The molecule has 136 valence electrons. The van der Waals surface area contributed by atoms with Gasteiger partial charge in [-0.3, -0.25) is 19.6 Å². The van der Waals surface area contributed by atoms with E-state index in [0.717, 1.165) is 11.1 Å². The van der Waals surface area contributed by atoms with Gasteiger partial charge in [-0.1, -0.05) is 17.7 Å². The Labute approximate surface area is 161 Å². The fourth-order valence-corrected chi connectivity index (χ4v) is 2.58. The molecule has 0 aliphatic rings. The van der Waals surface area contributed by atoms with Crippen molar-refractivity contribution in [3.05, 3.63) is 88.5 Å². The summed E-state index contributed by atoms with van der Waals surface area (Å²) in [6.45, 7) is 2.17. The Morgan fingerprint density at radius 1 is 1.04 bits per heavy atom. The number of benzene rings is 1. The van der Waals surface area contributed by atoms with Crippen molar-refractivity contribution in [2.75, 3.05) is 5.32 Å². The van der Waals surface area contributed by atoms with E-state index in [4.69, 9.17) is 11.6 Å². The molecule has 0 unspecified atom stereocenters. The van der Waals surface area contributed by atoms with Crippen LogP contribution in [0, 0.1) is 6.92 Å². The zero-order valence-corrected chi connectivity index (χ0v) is 15.3. The van der Waals surface area contributed by atoms with E-state index < -0.39 is 0 Å². The Balaban J connectivity index is 1.70. The number of carbonyl (C=O) groups excluding carboxylic acids is 2. The quantitative estimate of drug-likeness (QED) is 0.708. The molecule has 3 rings (SSSR count). The van der Waals surface area contributed by atoms with Crippen molar-refractivity contribution in [2.24, 2.45) is 0 Å². The zero-order chi connectivity index (χ0) is 19.2. The monoisotopic (exact) mass is 380 g/mol. The van der Waals surface area contributed by atoms with Crippen LogP contribution in [0.25, 0.3) is 0 Å². The Morgan fingerprint density at radius 3 is 2.59 bits per heavy atom. The summed E-state index contributed by atoms with van der Waals surface area (Å²) in [7, 11) is 0. The normalized spacial score (nSPS) is 10.3. The molecule has 0 bridgehead atoms. The maximum absolute atomic E-state index is 12.5. The van der Waals surface area contributed by atoms with Crippen molar-refractivity contribution in [1.29, 1.82) is 0 Å². The molecule has 2 heterocycles. The van der Waals surface area contributed by atoms with Crippen LogP contribution in [-0.2, 0) is 6.54 Å². The molecule has 0 saturated heterocycles. The highest BCUT2D eigenvalue weighted by molar-refractivity contribution is 6.31. The third kappa shape index (κ3) is 4.68. The summed E-state index contributed by atoms with van der Waals surface area (Å²) in [5.41, 5.74) is 2.81. The first kappa shape index (κ1) is 18.5. The zero-order valence-electron chi connectivity index (χ0n) is 14.6. The number of carbonyl (C=O) groups is 2. The number of aromatic nitrogens is 2. The van der Waals surface area contributed by atoms with Gasteiger partial charge >= 0.3 is 0 Å². The predicted molar refractivity (Wildman–Crippen MR) is 104 cm³/mol. The number of hydrogen-bond acceptors (Lipinski definition) is 4. The molecule has 1 aromatic carbocycles. The molecule has 0 fully saturated rings. The van der Waals surface area contributed by atoms with Crippen LogP contribution in [-0.4, -0.2) is 21.8 Å². The van der Waals surface area contributed by atoms with Gasteiger partial charge in [-0.15, -0.1) is 0 Å². The standard InChI is InChI=1S/C20H17ClN4O2/c1-13-16(21)3-2-4-17(13)25-19(26)15-7-10-23-18(11-15)20(27)24-12-14-5-8-22-9-6-14/h2-11H,12H2,1H3,(H,24,27)(H,25,26). The van der Waals surface area contributed by atoms with Crippen LogP contribution < -0.4 is 10.6 Å². The number of amides is 2. The lowest BCUT2D eigenvalue weighted by Gasteiger charge is -2.10. The number of nitrogens with one attached hydrogen (secondary N) is 2. The summed E-state index contributed by atoms with van der Waals surface area (Å²) in [5, 5.41) is 6.14. The van der Waals surface area contributed by atoms with Crippen LogP contribution in [0.4, 0.5) is 5.69 Å². The fraction of sp³-hybridized carbons (Fsp3) is 0.100. The molecule has 6 nitrogen and oxygen atoms in total. The van der Waals surface area contributed by atoms with Crippen molar-refractivity contribution in [2.45, 2.75) is 13.5 Å². The molecule has 2 aromatic heterocycles. The number of pyridine rings is 2. The van der Waals surface area contributed by atoms with Gasteiger partial charge in [0.25, 0.3) is 11.8 Å². The second-order valence-electron chi connectivity index (χ2n) is 5.83. The van der Waals surface area contributed by atoms with E-state index in [1.807, 2.05) is 19.1 Å². The average Bonchev–Trinajstić information content (AvgIpc) is 2.70. The lowest BCUT2D eigenvalue weighted by Crippen LogP contribution is -2.24. The fourth-order valence-electron chi connectivity index (χ4n) is 2.41. The molecular weight excluding hydrogens is 364 g/mol. The molecule has 27 heavy (non-hydrogen) atoms. The van der Waals surface area contributed by atoms with Gasteiger partial charge in [0, 0.05) is 41.4 Å². The lowest BCUT2D eigenvalue weighted by atomic mass is 10.1. The molecular formula is C20H17ClN4O2. The second-order valence-corrected chi connectivity index (χ2v) is 6.24. The second kappa shape index (κ2) is 8.42. The van der Waals surface area contributed by atoms with E-state index in [1.54, 1.807) is 36.7 Å². The van der Waals surface area contributed by atoms with Gasteiger partial charge < -0.3 is 10.6 Å². The predicted octanol–water partition coefficient (Wildman–Crippen LogP) is 3.62. The molecule has 0 radical (unpaired) electrons. The van der Waals surface area contributed by atoms with Gasteiger partial charge in [0.2, 0.25) is 0 Å². The summed E-state index contributed by atoms with van der Waals surface area (Å²) < 4.78 is 0. The van der Waals surface area contributed by atoms with E-state index in [1.165, 1.54) is 12.3 Å². The van der Waals surface area contributed by atoms with E-state index >= 15 is 0 Å². The summed E-state index contributed by atoms with van der Waals surface area (Å²) in [4.78, 5) is 32.8. The maximum atomic E-state index is 12.5. The minimum absolute atomic E-state index is 0.166. The van der Waals surface area contributed by atoms with E-state index in [9.17, 15) is 9.59 Å². The van der Waals surface area contributed by atoms with E-state index in [-0.39, 0.29) is 17.5 Å². The Hall–Kier alpha value is -3.25. The van der Waals surface area contributed by atoms with Crippen molar-refractivity contribution in [1.82, 2.24) is 15.3 Å². The molecule has 2 amide bonds. The van der Waals surface area contributed by atoms with Gasteiger partial charge in [0.05, 0.1) is 0 Å². The highest BCUT2D eigenvalue weighted by Crippen LogP contribution is 2.23. The number of anilines is 1. The van der Waals surface area contributed by atoms with Gasteiger partial charge in [0.1, 0.15) is 5.69 Å². The van der Waals surface area contributed by atoms with Crippen LogP contribution in [0.2, 0.25) is 5.02 Å². The van der Waals surface area contributed by atoms with Crippen LogP contribution in [0.3, 0.4) is 0 Å². The van der Waals surface area contributed by atoms with Crippen molar-refractivity contribution in [3.8, 4) is 0 Å². The summed E-state index contributed by atoms with van der Waals surface area (Å²) in [5.74, 6) is -0.702. The minimum Gasteiger partial charge on any atom is -0.347 e. The Bertz CT molecular complexity index is 977. The van der Waals surface area contributed by atoms with Crippen molar-refractivity contribution in [3.63, 3.8) is 0 Å². The molecule has 0 spiro atoms. The third-order valence-electron chi connectivity index (χ3n) is 3.97. The summed E-state index contributed by atoms with van der Waals surface area (Å²) in [6.07, 6.45) is 4.74. The Kier molecular flexibility index (Phi) is 5.78. The highest BCUT2D eigenvalue weighted by Gasteiger charge is 2.13. The van der Waals surface area contributed by atoms with Crippen LogP contribution in [0.5, 0.6) is 0 Å². The average molecular weight is 381 g/mol. The smallest absolute Gasteiger partial charge is 0.270 e. The molecule has 2 N–H and O–H groups in total. The van der Waals surface area contributed by atoms with Crippen molar-refractivity contribution >= 4 is 29.1 Å². The van der Waals surface area contributed by atoms with E-state index in [2.05, 4.69) is 20.6 Å². The highest BCUT2D eigenvalue weighted by atomic mass is 35.5. The van der Waals surface area contributed by atoms with Crippen LogP contribution >= 0.6 is 11.6 Å². The first-order chi connectivity index (χ1) is 13.0. The lowest BCUT2D eigenvalue weighted by molar-refractivity contribution is 0.0946. The molecule has 0 aliphatic heterocycles. The van der Waals surface area contributed by atoms with Crippen LogP contribution in [0.1, 0.15) is 32.0 Å². The van der Waals surface area contributed by atoms with Crippen LogP contribution in [0.15, 0.2) is 61.1 Å². The minimum atomic E-state index is -0.361. The molecule has 7 heteroatoms. The molecule has 3 aromatic rings. The first-order valence-electron chi connectivity index (χ1n) is 8.24. The number of nitrogens with zero attached hydrogens (tertiary/aromatic N) is 2. The largest absolute Gasteiger partial charge is 0.347 e. The van der Waals surface area contributed by atoms with Gasteiger partial charge in [0.15, 0.2) is 0 Å². The molecule has 0 saturated carbocycles. The topological polar surface area (TPSA) is 84.0 Å². The number of hydrogen-bond donors (Lipinski definition) is 2. The summed E-state index contributed by atoms with van der Waals surface area (Å²) in [6, 6.07) is 11.9. The maximum Gasteiger partial charge on any atom is 0.270 e. The van der Waals surface area contributed by atoms with Gasteiger partial charge in [-0.25, -0.2) is 0 Å². The van der Waals surface area contributed by atoms with E-state index in [0.29, 0.717) is 22.8 Å². The van der Waals surface area contributed by atoms with Crippen molar-refractivity contribution < 1.29 is 9.59 Å². The number of halogens is 1.